The minimum Gasteiger partial charge on any atom is -0.383 e. The second kappa shape index (κ2) is 8.03. The van der Waals surface area contributed by atoms with Crippen LogP contribution in [0, 0.1) is 5.92 Å². The molecule has 0 aliphatic carbocycles. The molecule has 25 heavy (non-hydrogen) atoms. The summed E-state index contributed by atoms with van der Waals surface area (Å²) in [6.07, 6.45) is -4.90. The summed E-state index contributed by atoms with van der Waals surface area (Å²) in [6, 6.07) is 8.57. The lowest BCUT2D eigenvalue weighted by molar-refractivity contribution is -0.130. The van der Waals surface area contributed by atoms with Crippen molar-refractivity contribution in [3.05, 3.63) is 35.9 Å². The van der Waals surface area contributed by atoms with Gasteiger partial charge in [-0.3, -0.25) is 0 Å². The molecule has 0 bridgehead atoms. The molecule has 1 atom stereocenters. The quantitative estimate of drug-likeness (QED) is 0.759. The van der Waals surface area contributed by atoms with E-state index in [1.54, 1.807) is 30.3 Å². The Morgan fingerprint density at radius 3 is 2.32 bits per heavy atom. The number of sulfonamides is 1. The third kappa shape index (κ3) is 5.95. The highest BCUT2D eigenvalue weighted by Gasteiger charge is 2.40. The Balaban J connectivity index is 2.14. The molecular weight excluding hydrogens is 359 g/mol. The van der Waals surface area contributed by atoms with Crippen LogP contribution in [0.4, 0.5) is 13.2 Å². The molecule has 142 valence electrons. The Morgan fingerprint density at radius 1 is 1.16 bits per heavy atom. The van der Waals surface area contributed by atoms with Crippen molar-refractivity contribution in [3.8, 4) is 0 Å². The van der Waals surface area contributed by atoms with Gasteiger partial charge in [0.25, 0.3) is 0 Å². The summed E-state index contributed by atoms with van der Waals surface area (Å²) in [5.74, 6) is -1.32. The van der Waals surface area contributed by atoms with Crippen LogP contribution < -0.4 is 4.72 Å². The Morgan fingerprint density at radius 2 is 1.76 bits per heavy atom. The summed E-state index contributed by atoms with van der Waals surface area (Å²) in [5.41, 5.74) is -0.975. The van der Waals surface area contributed by atoms with E-state index in [0.29, 0.717) is 31.6 Å². The van der Waals surface area contributed by atoms with E-state index in [9.17, 15) is 26.7 Å². The topological polar surface area (TPSA) is 75.6 Å². The molecule has 0 aromatic heterocycles. The van der Waals surface area contributed by atoms with Crippen molar-refractivity contribution in [1.29, 1.82) is 0 Å². The Bertz CT molecular complexity index is 645. The Kier molecular flexibility index (Phi) is 6.47. The highest BCUT2D eigenvalue weighted by Crippen LogP contribution is 2.36. The maximum Gasteiger partial charge on any atom is 0.390 e. The van der Waals surface area contributed by atoms with E-state index >= 15 is 0 Å². The Labute approximate surface area is 145 Å². The van der Waals surface area contributed by atoms with Gasteiger partial charge in [-0.1, -0.05) is 30.3 Å². The van der Waals surface area contributed by atoms with Gasteiger partial charge in [-0.05, 0) is 24.3 Å². The molecule has 1 aliphatic heterocycles. The predicted molar refractivity (Wildman–Crippen MR) is 86.3 cm³/mol. The van der Waals surface area contributed by atoms with Gasteiger partial charge in [-0.2, -0.15) is 13.2 Å². The van der Waals surface area contributed by atoms with Crippen molar-refractivity contribution in [3.63, 3.8) is 0 Å². The van der Waals surface area contributed by atoms with Crippen LogP contribution in [0.2, 0.25) is 0 Å². The lowest BCUT2D eigenvalue weighted by Crippen LogP contribution is -2.48. The number of alkyl halides is 3. The zero-order valence-corrected chi connectivity index (χ0v) is 14.4. The van der Waals surface area contributed by atoms with E-state index in [1.165, 1.54) is 0 Å². The summed E-state index contributed by atoms with van der Waals surface area (Å²) in [4.78, 5) is 0. The number of hydrogen-bond donors (Lipinski definition) is 2. The summed E-state index contributed by atoms with van der Waals surface area (Å²) >= 11 is 0. The van der Waals surface area contributed by atoms with E-state index in [4.69, 9.17) is 4.74 Å². The van der Waals surface area contributed by atoms with Crippen LogP contribution in [-0.2, 0) is 20.4 Å². The highest BCUT2D eigenvalue weighted by molar-refractivity contribution is 7.89. The van der Waals surface area contributed by atoms with Crippen molar-refractivity contribution >= 4 is 10.0 Å². The fourth-order valence-electron chi connectivity index (χ4n) is 2.93. The van der Waals surface area contributed by atoms with Crippen LogP contribution in [0.1, 0.15) is 24.8 Å². The monoisotopic (exact) mass is 381 g/mol. The Hall–Kier alpha value is -1.16. The normalized spacial score (nSPS) is 19.5. The molecule has 2 rings (SSSR count). The fourth-order valence-corrected chi connectivity index (χ4v) is 4.01. The average Bonchev–Trinajstić information content (AvgIpc) is 2.59. The van der Waals surface area contributed by atoms with Gasteiger partial charge >= 0.3 is 6.18 Å². The molecule has 1 aromatic rings. The van der Waals surface area contributed by atoms with Crippen molar-refractivity contribution in [2.24, 2.45) is 5.92 Å². The third-order valence-corrected chi connectivity index (χ3v) is 5.71. The smallest absolute Gasteiger partial charge is 0.383 e. The van der Waals surface area contributed by atoms with E-state index in [-0.39, 0.29) is 12.5 Å². The SMILES string of the molecule is O=S(=O)(CCC(F)(F)F)NC[C@@](O)(c1ccccc1)C1CCOCC1. The van der Waals surface area contributed by atoms with E-state index in [0.717, 1.165) is 0 Å². The van der Waals surface area contributed by atoms with E-state index in [2.05, 4.69) is 4.72 Å². The summed E-state index contributed by atoms with van der Waals surface area (Å²) in [7, 11) is -4.16. The number of benzene rings is 1. The molecule has 2 N–H and O–H groups in total. The zero-order valence-electron chi connectivity index (χ0n) is 13.6. The summed E-state index contributed by atoms with van der Waals surface area (Å²) in [6.45, 7) is 0.517. The molecule has 1 fully saturated rings. The molecule has 0 amide bonds. The second-order valence-electron chi connectivity index (χ2n) is 6.18. The number of rotatable bonds is 7. The van der Waals surface area contributed by atoms with Gasteiger partial charge in [0.05, 0.1) is 12.2 Å². The van der Waals surface area contributed by atoms with E-state index < -0.39 is 34.0 Å². The van der Waals surface area contributed by atoms with Crippen molar-refractivity contribution < 1.29 is 31.4 Å². The molecule has 0 radical (unpaired) electrons. The second-order valence-corrected chi connectivity index (χ2v) is 8.11. The highest BCUT2D eigenvalue weighted by atomic mass is 32.2. The summed E-state index contributed by atoms with van der Waals surface area (Å²) in [5, 5.41) is 11.2. The first-order chi connectivity index (χ1) is 11.6. The van der Waals surface area contributed by atoms with Crippen molar-refractivity contribution in [2.75, 3.05) is 25.5 Å². The van der Waals surface area contributed by atoms with Gasteiger partial charge in [-0.15, -0.1) is 0 Å². The molecule has 1 heterocycles. The molecular formula is C16H22F3NO4S. The maximum atomic E-state index is 12.3. The lowest BCUT2D eigenvalue weighted by Gasteiger charge is -2.39. The molecule has 0 unspecified atom stereocenters. The zero-order chi connectivity index (χ0) is 18.6. The molecule has 1 aliphatic rings. The van der Waals surface area contributed by atoms with Crippen LogP contribution in [0.25, 0.3) is 0 Å². The first-order valence-corrected chi connectivity index (χ1v) is 9.67. The molecule has 0 saturated carbocycles. The van der Waals surface area contributed by atoms with Crippen LogP contribution >= 0.6 is 0 Å². The van der Waals surface area contributed by atoms with E-state index in [1.807, 2.05) is 0 Å². The van der Waals surface area contributed by atoms with Gasteiger partial charge in [0.1, 0.15) is 5.60 Å². The third-order valence-electron chi connectivity index (χ3n) is 4.39. The molecule has 1 aromatic carbocycles. The fraction of sp³-hybridized carbons (Fsp3) is 0.625. The van der Waals surface area contributed by atoms with Gasteiger partial charge in [-0.25, -0.2) is 13.1 Å². The minimum atomic E-state index is -4.55. The minimum absolute atomic E-state index is 0.256. The number of aliphatic hydroxyl groups is 1. The number of hydrogen-bond acceptors (Lipinski definition) is 4. The number of nitrogens with one attached hydrogen (secondary N) is 1. The number of halogens is 3. The average molecular weight is 381 g/mol. The predicted octanol–water partition coefficient (Wildman–Crippen LogP) is 2.17. The first-order valence-electron chi connectivity index (χ1n) is 8.02. The van der Waals surface area contributed by atoms with Crippen LogP contribution in [0.15, 0.2) is 30.3 Å². The standard InChI is InChI=1S/C16H22F3NO4S/c17-16(18,19)8-11-25(22,23)20-12-15(21,13-4-2-1-3-5-13)14-6-9-24-10-7-14/h1-5,14,20-21H,6-12H2/t15-/m1/s1. The molecule has 9 heteroatoms. The van der Waals surface area contributed by atoms with Crippen molar-refractivity contribution in [1.82, 2.24) is 4.72 Å². The van der Waals surface area contributed by atoms with Crippen LogP contribution in [0.3, 0.4) is 0 Å². The number of ether oxygens (including phenoxy) is 1. The van der Waals surface area contributed by atoms with Crippen LogP contribution in [-0.4, -0.2) is 45.2 Å². The maximum absolute atomic E-state index is 12.3. The van der Waals surface area contributed by atoms with Gasteiger partial charge in [0.2, 0.25) is 10.0 Å². The molecule has 1 saturated heterocycles. The van der Waals surface area contributed by atoms with Gasteiger partial charge < -0.3 is 9.84 Å². The van der Waals surface area contributed by atoms with Crippen molar-refractivity contribution in [2.45, 2.75) is 31.0 Å². The largest absolute Gasteiger partial charge is 0.390 e. The van der Waals surface area contributed by atoms with Gasteiger partial charge in [0.15, 0.2) is 0 Å². The first kappa shape index (κ1) is 20.2. The molecule has 5 nitrogen and oxygen atoms in total. The van der Waals surface area contributed by atoms with Crippen LogP contribution in [0.5, 0.6) is 0 Å². The molecule has 0 spiro atoms. The lowest BCUT2D eigenvalue weighted by atomic mass is 9.77. The van der Waals surface area contributed by atoms with Gasteiger partial charge in [0, 0.05) is 19.8 Å². The summed E-state index contributed by atoms with van der Waals surface area (Å²) < 4.78 is 68.0.